The summed E-state index contributed by atoms with van der Waals surface area (Å²) in [7, 11) is -4.39. The molecule has 0 spiro atoms. The first-order valence-electron chi connectivity index (χ1n) is 22.3. The monoisotopic (exact) mass is 966 g/mol. The molecule has 20 nitrogen and oxygen atoms in total. The van der Waals surface area contributed by atoms with Gasteiger partial charge in [0.15, 0.2) is 6.54 Å². The Bertz CT molecular complexity index is 2420. The molecule has 1 aliphatic heterocycles. The summed E-state index contributed by atoms with van der Waals surface area (Å²) < 4.78 is 69.3. The first-order chi connectivity index (χ1) is 32.7. The van der Waals surface area contributed by atoms with Crippen LogP contribution in [0.5, 0.6) is 5.75 Å². The van der Waals surface area contributed by atoms with E-state index in [2.05, 4.69) is 10.6 Å². The van der Waals surface area contributed by atoms with Gasteiger partial charge in [-0.15, -0.1) is 5.06 Å². The summed E-state index contributed by atoms with van der Waals surface area (Å²) in [5.74, 6) is -3.21. The van der Waals surface area contributed by atoms with Crippen molar-refractivity contribution in [1.82, 2.24) is 15.7 Å². The van der Waals surface area contributed by atoms with E-state index in [1.807, 2.05) is 28.8 Å². The number of imide groups is 1. The van der Waals surface area contributed by atoms with E-state index in [0.717, 1.165) is 0 Å². The van der Waals surface area contributed by atoms with Gasteiger partial charge in [-0.25, -0.2) is 18.0 Å². The zero-order valence-corrected chi connectivity index (χ0v) is 39.1. The molecule has 1 aliphatic rings. The van der Waals surface area contributed by atoms with E-state index in [4.69, 9.17) is 33.3 Å². The van der Waals surface area contributed by atoms with Gasteiger partial charge in [0.1, 0.15) is 5.75 Å². The third kappa shape index (κ3) is 16.7. The van der Waals surface area contributed by atoms with E-state index in [9.17, 15) is 41.7 Å². The first-order valence-corrected chi connectivity index (χ1v) is 23.9. The molecule has 4 amide bonds. The van der Waals surface area contributed by atoms with Crippen LogP contribution in [0.2, 0.25) is 0 Å². The van der Waals surface area contributed by atoms with Gasteiger partial charge in [-0.05, 0) is 55.7 Å². The number of carbonyl (C=O) groups is 6. The number of hydrogen-bond donors (Lipinski definition) is 2. The lowest BCUT2D eigenvalue weighted by molar-refractivity contribution is -0.645. The minimum Gasteiger partial charge on any atom is -0.748 e. The lowest BCUT2D eigenvalue weighted by Gasteiger charge is -2.15. The second kappa shape index (κ2) is 27.2. The molecule has 3 aromatic carbocycles. The maximum absolute atomic E-state index is 14.0. The Hall–Kier alpha value is -5.94. The predicted molar refractivity (Wildman–Crippen MR) is 242 cm³/mol. The fourth-order valence-electron chi connectivity index (χ4n) is 7.23. The smallest absolute Gasteiger partial charge is 0.345 e. The van der Waals surface area contributed by atoms with Crippen LogP contribution in [0.3, 0.4) is 0 Å². The number of pyridine rings is 1. The Morgan fingerprint density at radius 3 is 1.68 bits per heavy atom. The molecule has 0 atom stereocenters. The minimum atomic E-state index is -4.39. The standard InChI is InChI=1S/C47H58N4O16S/c1-33-31-35(32-34(2)45(33)66-47(57)44-36-9-3-5-11-38(36)50(19-8-30-68(58,59)60)39-12-6-4-10-37(39)44)46(56)49-18-21-62-23-25-64-27-29-65-28-26-63-24-22-61-20-17-48-40(52)13-7-14-43(55)67-51-41(53)15-16-42(51)54/h3-6,9-12,31-32H,7-8,13-30H2,1-2H3,(H2-,48,49,52,56,58,59,60). The van der Waals surface area contributed by atoms with Crippen LogP contribution >= 0.6 is 0 Å². The molecule has 21 heteroatoms. The Morgan fingerprint density at radius 1 is 0.676 bits per heavy atom. The number of para-hydroxylation sites is 2. The summed E-state index contributed by atoms with van der Waals surface area (Å²) in [6, 6.07) is 17.8. The second-order valence-corrected chi connectivity index (χ2v) is 17.1. The molecule has 0 saturated carbocycles. The van der Waals surface area contributed by atoms with Gasteiger partial charge in [-0.3, -0.25) is 19.2 Å². The van der Waals surface area contributed by atoms with Crippen molar-refractivity contribution in [3.05, 3.63) is 82.9 Å². The number of esters is 1. The summed E-state index contributed by atoms with van der Waals surface area (Å²) in [4.78, 5) is 78.5. The van der Waals surface area contributed by atoms with Crippen LogP contribution in [-0.4, -0.2) is 139 Å². The van der Waals surface area contributed by atoms with E-state index < -0.39 is 39.6 Å². The molecule has 1 fully saturated rings. The van der Waals surface area contributed by atoms with Gasteiger partial charge in [0.05, 0.1) is 92.5 Å². The number of hydroxylamine groups is 2. The van der Waals surface area contributed by atoms with E-state index >= 15 is 0 Å². The SMILES string of the molecule is Cc1cc(C(=O)NCCOCCOCCOCCOCCOCCNC(=O)CCCC(=O)ON2C(=O)CCC2=O)cc(C)c1OC(=O)c1c2ccccc2[n+](CCCS(=O)(=O)[O-])c2ccccc12. The summed E-state index contributed by atoms with van der Waals surface area (Å²) in [5.41, 5.74) is 3.26. The van der Waals surface area contributed by atoms with Crippen LogP contribution in [0.1, 0.15) is 70.4 Å². The van der Waals surface area contributed by atoms with Crippen LogP contribution in [0.15, 0.2) is 60.7 Å². The largest absolute Gasteiger partial charge is 0.748 e. The van der Waals surface area contributed by atoms with E-state index in [1.165, 1.54) is 0 Å². The molecular weight excluding hydrogens is 909 g/mol. The van der Waals surface area contributed by atoms with E-state index in [-0.39, 0.29) is 83.2 Å². The van der Waals surface area contributed by atoms with Gasteiger partial charge in [-0.1, -0.05) is 24.3 Å². The van der Waals surface area contributed by atoms with Gasteiger partial charge >= 0.3 is 11.9 Å². The average molecular weight is 967 g/mol. The second-order valence-electron chi connectivity index (χ2n) is 15.6. The maximum atomic E-state index is 14.0. The fourth-order valence-corrected chi connectivity index (χ4v) is 7.71. The molecule has 0 bridgehead atoms. The Morgan fingerprint density at radius 2 is 1.16 bits per heavy atom. The number of aryl methyl sites for hydroxylation is 3. The topological polar surface area (TPSA) is 255 Å². The fraction of sp³-hybridized carbons (Fsp3) is 0.468. The molecule has 68 heavy (non-hydrogen) atoms. The van der Waals surface area contributed by atoms with Crippen LogP contribution in [0.25, 0.3) is 21.8 Å². The number of ether oxygens (including phenoxy) is 6. The number of fused-ring (bicyclic) bond motifs is 2. The van der Waals surface area contributed by atoms with Gasteiger partial charge in [0, 0.05) is 68.6 Å². The Balaban J connectivity index is 0.884. The molecule has 5 rings (SSSR count). The number of carbonyl (C=O) groups excluding carboxylic acids is 6. The van der Waals surface area contributed by atoms with Crippen LogP contribution in [0.4, 0.5) is 0 Å². The molecule has 2 N–H and O–H groups in total. The van der Waals surface area contributed by atoms with Gasteiger partial charge in [-0.2, -0.15) is 4.57 Å². The molecule has 1 aromatic heterocycles. The number of nitrogens with zero attached hydrogens (tertiary/aromatic N) is 2. The molecule has 2 heterocycles. The van der Waals surface area contributed by atoms with E-state index in [0.29, 0.717) is 108 Å². The average Bonchev–Trinajstić information content (AvgIpc) is 3.62. The zero-order chi connectivity index (χ0) is 48.9. The summed E-state index contributed by atoms with van der Waals surface area (Å²) in [6.45, 7) is 7.66. The van der Waals surface area contributed by atoms with Crippen molar-refractivity contribution < 1.29 is 79.6 Å². The molecule has 368 valence electrons. The lowest BCUT2D eigenvalue weighted by Crippen LogP contribution is -2.37. The molecule has 0 aliphatic carbocycles. The number of amides is 4. The molecular formula is C47H58N4O16S. The summed E-state index contributed by atoms with van der Waals surface area (Å²) in [6.07, 6.45) is 0.325. The van der Waals surface area contributed by atoms with Crippen molar-refractivity contribution in [2.75, 3.05) is 84.9 Å². The van der Waals surface area contributed by atoms with Gasteiger partial charge in [0.25, 0.3) is 17.7 Å². The quantitative estimate of drug-likeness (QED) is 0.0145. The number of benzene rings is 3. The van der Waals surface area contributed by atoms with Gasteiger partial charge < -0.3 is 48.4 Å². The van der Waals surface area contributed by atoms with Crippen molar-refractivity contribution in [2.24, 2.45) is 0 Å². The highest BCUT2D eigenvalue weighted by molar-refractivity contribution is 7.85. The van der Waals surface area contributed by atoms with Gasteiger partial charge in [0.2, 0.25) is 16.9 Å². The number of hydrogen-bond acceptors (Lipinski definition) is 16. The van der Waals surface area contributed by atoms with Crippen molar-refractivity contribution in [3.8, 4) is 5.75 Å². The third-order valence-corrected chi connectivity index (χ3v) is 11.2. The number of nitrogens with one attached hydrogen (secondary N) is 2. The molecule has 0 unspecified atom stereocenters. The van der Waals surface area contributed by atoms with Crippen LogP contribution in [0, 0.1) is 13.8 Å². The number of aromatic nitrogens is 1. The van der Waals surface area contributed by atoms with Crippen molar-refractivity contribution >= 4 is 67.5 Å². The van der Waals surface area contributed by atoms with Crippen LogP contribution < -0.4 is 19.9 Å². The highest BCUT2D eigenvalue weighted by atomic mass is 32.2. The van der Waals surface area contributed by atoms with Crippen molar-refractivity contribution in [1.29, 1.82) is 0 Å². The Kier molecular flexibility index (Phi) is 21.2. The predicted octanol–water partition coefficient (Wildman–Crippen LogP) is 2.76. The number of rotatable bonds is 30. The van der Waals surface area contributed by atoms with E-state index in [1.54, 1.807) is 50.2 Å². The Labute approximate surface area is 394 Å². The van der Waals surface area contributed by atoms with Crippen molar-refractivity contribution in [3.63, 3.8) is 0 Å². The summed E-state index contributed by atoms with van der Waals surface area (Å²) in [5, 5.41) is 7.20. The van der Waals surface area contributed by atoms with Crippen molar-refractivity contribution in [2.45, 2.75) is 58.9 Å². The minimum absolute atomic E-state index is 0.0173. The normalized spacial score (nSPS) is 12.8. The van der Waals surface area contributed by atoms with Crippen LogP contribution in [-0.2, 0) is 64.4 Å². The highest BCUT2D eigenvalue weighted by Crippen LogP contribution is 2.30. The highest BCUT2D eigenvalue weighted by Gasteiger charge is 2.33. The zero-order valence-electron chi connectivity index (χ0n) is 38.3. The third-order valence-electron chi connectivity index (χ3n) is 10.4. The molecule has 1 saturated heterocycles. The summed E-state index contributed by atoms with van der Waals surface area (Å²) >= 11 is 0. The lowest BCUT2D eigenvalue weighted by atomic mass is 10.0. The first kappa shape index (κ1) is 53.0. The maximum Gasteiger partial charge on any atom is 0.345 e. The molecule has 4 aromatic rings. The molecule has 0 radical (unpaired) electrons.